The molecule has 5 heteroatoms. The third-order valence-electron chi connectivity index (χ3n) is 2.96. The number of rotatable bonds is 7. The van der Waals surface area contributed by atoms with E-state index in [-0.39, 0.29) is 12.5 Å². The Morgan fingerprint density at radius 3 is 2.25 bits per heavy atom. The first-order valence-electron chi connectivity index (χ1n) is 6.83. The van der Waals surface area contributed by atoms with Gasteiger partial charge in [-0.05, 0) is 51.6 Å². The minimum atomic E-state index is -4.05. The number of hydrogen-bond donors (Lipinski definition) is 1. The summed E-state index contributed by atoms with van der Waals surface area (Å²) in [7, 11) is 4.02. The first-order chi connectivity index (χ1) is 9.26. The van der Waals surface area contributed by atoms with Gasteiger partial charge in [0, 0.05) is 24.7 Å². The van der Waals surface area contributed by atoms with E-state index in [0.717, 1.165) is 12.2 Å². The molecule has 0 bridgehead atoms. The molecule has 1 unspecified atom stereocenters. The van der Waals surface area contributed by atoms with Gasteiger partial charge in [-0.3, -0.25) is 0 Å². The molecule has 0 aliphatic carbocycles. The van der Waals surface area contributed by atoms with Crippen molar-refractivity contribution in [3.8, 4) is 0 Å². The lowest BCUT2D eigenvalue weighted by Crippen LogP contribution is -2.17. The van der Waals surface area contributed by atoms with Crippen LogP contribution in [0.25, 0.3) is 0 Å². The van der Waals surface area contributed by atoms with Crippen LogP contribution in [-0.2, 0) is 6.54 Å². The van der Waals surface area contributed by atoms with Gasteiger partial charge in [0.15, 0.2) is 0 Å². The van der Waals surface area contributed by atoms with Gasteiger partial charge in [-0.1, -0.05) is 12.1 Å². The van der Waals surface area contributed by atoms with Crippen molar-refractivity contribution in [1.29, 1.82) is 0 Å². The average molecular weight is 288 g/mol. The zero-order chi connectivity index (χ0) is 15.2. The van der Waals surface area contributed by atoms with E-state index in [1.54, 1.807) is 0 Å². The van der Waals surface area contributed by atoms with E-state index in [0.29, 0.717) is 6.42 Å². The molecular formula is C15H23F3N2. The normalized spacial score (nSPS) is 13.6. The van der Waals surface area contributed by atoms with E-state index in [2.05, 4.69) is 10.2 Å². The maximum absolute atomic E-state index is 12.1. The molecule has 1 aromatic rings. The summed E-state index contributed by atoms with van der Waals surface area (Å²) >= 11 is 0. The molecule has 0 aromatic heterocycles. The second-order valence-corrected chi connectivity index (χ2v) is 5.49. The topological polar surface area (TPSA) is 15.3 Å². The van der Waals surface area contributed by atoms with Gasteiger partial charge >= 0.3 is 6.18 Å². The highest BCUT2D eigenvalue weighted by atomic mass is 19.4. The lowest BCUT2D eigenvalue weighted by Gasteiger charge is -2.16. The SMILES string of the molecule is CC(CCCC(F)(F)F)Nc1ccc(CN(C)C)cc1. The molecule has 0 heterocycles. The molecule has 1 rings (SSSR count). The van der Waals surface area contributed by atoms with Gasteiger partial charge in [0.1, 0.15) is 0 Å². The number of nitrogens with one attached hydrogen (secondary N) is 1. The molecule has 20 heavy (non-hydrogen) atoms. The first kappa shape index (κ1) is 16.8. The van der Waals surface area contributed by atoms with Crippen molar-refractivity contribution in [1.82, 2.24) is 4.90 Å². The molecule has 1 aromatic carbocycles. The smallest absolute Gasteiger partial charge is 0.383 e. The Hall–Kier alpha value is -1.23. The molecule has 1 N–H and O–H groups in total. The summed E-state index contributed by atoms with van der Waals surface area (Å²) in [6.45, 7) is 2.78. The van der Waals surface area contributed by atoms with Crippen LogP contribution in [0.3, 0.4) is 0 Å². The van der Waals surface area contributed by atoms with Crippen molar-refractivity contribution in [3.63, 3.8) is 0 Å². The molecule has 0 radical (unpaired) electrons. The molecule has 0 amide bonds. The number of anilines is 1. The predicted molar refractivity (Wildman–Crippen MR) is 76.8 cm³/mol. The second kappa shape index (κ2) is 7.53. The van der Waals surface area contributed by atoms with Crippen molar-refractivity contribution in [3.05, 3.63) is 29.8 Å². The molecule has 0 fully saturated rings. The molecular weight excluding hydrogens is 265 g/mol. The predicted octanol–water partition coefficient (Wildman–Crippen LogP) is 4.28. The quantitative estimate of drug-likeness (QED) is 0.805. The van der Waals surface area contributed by atoms with Crippen LogP contribution in [0.5, 0.6) is 0 Å². The van der Waals surface area contributed by atoms with Crippen molar-refractivity contribution < 1.29 is 13.2 Å². The first-order valence-corrected chi connectivity index (χ1v) is 6.83. The Morgan fingerprint density at radius 1 is 1.15 bits per heavy atom. The maximum Gasteiger partial charge on any atom is 0.389 e. The highest BCUT2D eigenvalue weighted by molar-refractivity contribution is 5.45. The standard InChI is InChI=1S/C15H23F3N2/c1-12(5-4-10-15(16,17)18)19-14-8-6-13(7-9-14)11-20(2)3/h6-9,12,19H,4-5,10-11H2,1-3H3. The summed E-state index contributed by atoms with van der Waals surface area (Å²) in [5.74, 6) is 0. The molecule has 2 nitrogen and oxygen atoms in total. The average Bonchev–Trinajstić information content (AvgIpc) is 2.29. The Kier molecular flexibility index (Phi) is 6.33. The van der Waals surface area contributed by atoms with Crippen LogP contribution in [0.1, 0.15) is 31.7 Å². The zero-order valence-corrected chi connectivity index (χ0v) is 12.3. The van der Waals surface area contributed by atoms with Crippen LogP contribution < -0.4 is 5.32 Å². The highest BCUT2D eigenvalue weighted by Gasteiger charge is 2.26. The molecule has 1 atom stereocenters. The summed E-state index contributed by atoms with van der Waals surface area (Å²) in [5, 5.41) is 3.23. The molecule has 114 valence electrons. The highest BCUT2D eigenvalue weighted by Crippen LogP contribution is 2.23. The van der Waals surface area contributed by atoms with Gasteiger partial charge < -0.3 is 10.2 Å². The van der Waals surface area contributed by atoms with Crippen LogP contribution in [0, 0.1) is 0 Å². The van der Waals surface area contributed by atoms with E-state index in [4.69, 9.17) is 0 Å². The summed E-state index contributed by atoms with van der Waals surface area (Å²) in [4.78, 5) is 2.09. The lowest BCUT2D eigenvalue weighted by atomic mass is 10.1. The minimum Gasteiger partial charge on any atom is -0.383 e. The third-order valence-corrected chi connectivity index (χ3v) is 2.96. The monoisotopic (exact) mass is 288 g/mol. The maximum atomic E-state index is 12.1. The van der Waals surface area contributed by atoms with Crippen LogP contribution in [0.15, 0.2) is 24.3 Å². The van der Waals surface area contributed by atoms with E-state index < -0.39 is 12.6 Å². The van der Waals surface area contributed by atoms with Gasteiger partial charge in [0.25, 0.3) is 0 Å². The largest absolute Gasteiger partial charge is 0.389 e. The number of alkyl halides is 3. The minimum absolute atomic E-state index is 0.0389. The van der Waals surface area contributed by atoms with Crippen molar-refractivity contribution in [2.75, 3.05) is 19.4 Å². The second-order valence-electron chi connectivity index (χ2n) is 5.49. The van der Waals surface area contributed by atoms with E-state index in [9.17, 15) is 13.2 Å². The number of halogens is 3. The van der Waals surface area contributed by atoms with Gasteiger partial charge in [0.2, 0.25) is 0 Å². The number of benzene rings is 1. The Bertz CT molecular complexity index is 385. The van der Waals surface area contributed by atoms with Gasteiger partial charge in [0.05, 0.1) is 0 Å². The summed E-state index contributed by atoms with van der Waals surface area (Å²) < 4.78 is 36.2. The molecule has 0 aliphatic heterocycles. The fourth-order valence-corrected chi connectivity index (χ4v) is 2.04. The molecule has 0 saturated carbocycles. The fourth-order valence-electron chi connectivity index (χ4n) is 2.04. The molecule has 0 spiro atoms. The summed E-state index contributed by atoms with van der Waals surface area (Å²) in [6.07, 6.45) is -4.08. The van der Waals surface area contributed by atoms with Crippen LogP contribution in [0.2, 0.25) is 0 Å². The Labute approximate surface area is 119 Å². The number of hydrogen-bond acceptors (Lipinski definition) is 2. The lowest BCUT2D eigenvalue weighted by molar-refractivity contribution is -0.135. The zero-order valence-electron chi connectivity index (χ0n) is 12.3. The molecule has 0 aliphatic rings. The van der Waals surface area contributed by atoms with Crippen molar-refractivity contribution in [2.24, 2.45) is 0 Å². The van der Waals surface area contributed by atoms with Gasteiger partial charge in [-0.15, -0.1) is 0 Å². The van der Waals surface area contributed by atoms with Crippen molar-refractivity contribution >= 4 is 5.69 Å². The van der Waals surface area contributed by atoms with Gasteiger partial charge in [-0.2, -0.15) is 13.2 Å². The van der Waals surface area contributed by atoms with Crippen LogP contribution >= 0.6 is 0 Å². The van der Waals surface area contributed by atoms with Crippen LogP contribution in [-0.4, -0.2) is 31.2 Å². The summed E-state index contributed by atoms with van der Waals surface area (Å²) in [5.41, 5.74) is 2.16. The molecule has 0 saturated heterocycles. The van der Waals surface area contributed by atoms with E-state index >= 15 is 0 Å². The van der Waals surface area contributed by atoms with E-state index in [1.165, 1.54) is 5.56 Å². The fraction of sp³-hybridized carbons (Fsp3) is 0.600. The van der Waals surface area contributed by atoms with Gasteiger partial charge in [-0.25, -0.2) is 0 Å². The van der Waals surface area contributed by atoms with Crippen LogP contribution in [0.4, 0.5) is 18.9 Å². The summed E-state index contributed by atoms with van der Waals surface area (Å²) in [6, 6.07) is 8.05. The van der Waals surface area contributed by atoms with E-state index in [1.807, 2.05) is 45.3 Å². The number of nitrogens with zero attached hydrogens (tertiary/aromatic N) is 1. The third kappa shape index (κ3) is 7.38. The van der Waals surface area contributed by atoms with Crippen molar-refractivity contribution in [2.45, 2.75) is 44.9 Å². The Balaban J connectivity index is 2.36. The Morgan fingerprint density at radius 2 is 1.75 bits per heavy atom.